The number of carbonyl (C=O) groups excluding carboxylic acids is 1. The van der Waals surface area contributed by atoms with Gasteiger partial charge in [-0.1, -0.05) is 12.1 Å². The third kappa shape index (κ3) is 4.45. The smallest absolute Gasteiger partial charge is 0.219 e. The van der Waals surface area contributed by atoms with E-state index in [1.807, 2.05) is 14.0 Å². The van der Waals surface area contributed by atoms with E-state index in [2.05, 4.69) is 5.32 Å². The Balaban J connectivity index is 2.61. The number of rotatable bonds is 6. The summed E-state index contributed by atoms with van der Waals surface area (Å²) >= 11 is 0. The molecule has 0 saturated heterocycles. The van der Waals surface area contributed by atoms with Crippen molar-refractivity contribution in [2.45, 2.75) is 26.3 Å². The number of hydrogen-bond acceptors (Lipinski definition) is 2. The molecule has 0 fully saturated rings. The minimum atomic E-state index is -0.223. The molecule has 4 heteroatoms. The van der Waals surface area contributed by atoms with Crippen molar-refractivity contribution in [1.29, 1.82) is 0 Å². The van der Waals surface area contributed by atoms with Gasteiger partial charge in [0, 0.05) is 26.1 Å². The molecule has 1 aromatic carbocycles. The lowest BCUT2D eigenvalue weighted by molar-refractivity contribution is -0.128. The Kier molecular flexibility index (Phi) is 5.78. The molecule has 0 bridgehead atoms. The average Bonchev–Trinajstić information content (AvgIpc) is 2.36. The molecule has 0 aliphatic heterocycles. The van der Waals surface area contributed by atoms with Gasteiger partial charge in [0.05, 0.1) is 0 Å². The van der Waals surface area contributed by atoms with Gasteiger partial charge in [-0.25, -0.2) is 4.39 Å². The van der Waals surface area contributed by atoms with Crippen molar-refractivity contribution < 1.29 is 9.18 Å². The number of likely N-dealkylation sites (N-methyl/N-ethyl adjacent to an activating group) is 2. The molecule has 3 nitrogen and oxygen atoms in total. The number of nitrogens with zero attached hydrogens (tertiary/aromatic N) is 1. The Bertz CT molecular complexity index is 378. The van der Waals surface area contributed by atoms with Gasteiger partial charge in [0.2, 0.25) is 5.91 Å². The molecule has 18 heavy (non-hydrogen) atoms. The summed E-state index contributed by atoms with van der Waals surface area (Å²) < 4.78 is 12.8. The van der Waals surface area contributed by atoms with E-state index < -0.39 is 0 Å². The van der Waals surface area contributed by atoms with Crippen LogP contribution in [-0.2, 0) is 11.2 Å². The Hall–Kier alpha value is -1.42. The molecule has 1 aromatic rings. The molecule has 1 unspecified atom stereocenters. The van der Waals surface area contributed by atoms with Crippen LogP contribution in [0.4, 0.5) is 4.39 Å². The van der Waals surface area contributed by atoms with Gasteiger partial charge < -0.3 is 10.2 Å². The molecule has 0 aliphatic rings. The first-order valence-electron chi connectivity index (χ1n) is 6.24. The van der Waals surface area contributed by atoms with Gasteiger partial charge >= 0.3 is 0 Å². The van der Waals surface area contributed by atoms with Gasteiger partial charge in [-0.2, -0.15) is 0 Å². The molecule has 0 saturated carbocycles. The SMILES string of the molecule is CCN(CC(Cc1ccc(F)cc1)NC)C(C)=O. The summed E-state index contributed by atoms with van der Waals surface area (Å²) in [5.74, 6) is -0.143. The Morgan fingerprint density at radius 2 is 2.00 bits per heavy atom. The number of hydrogen-bond donors (Lipinski definition) is 1. The molecule has 1 atom stereocenters. The Morgan fingerprint density at radius 1 is 1.39 bits per heavy atom. The molecule has 0 aliphatic carbocycles. The first-order chi connectivity index (χ1) is 8.56. The highest BCUT2D eigenvalue weighted by molar-refractivity contribution is 5.73. The molecule has 0 aromatic heterocycles. The van der Waals surface area contributed by atoms with Crippen LogP contribution in [0, 0.1) is 5.82 Å². The maximum Gasteiger partial charge on any atom is 0.219 e. The van der Waals surface area contributed by atoms with E-state index in [1.54, 1.807) is 24.0 Å². The van der Waals surface area contributed by atoms with Crippen LogP contribution in [0.5, 0.6) is 0 Å². The number of carbonyl (C=O) groups is 1. The average molecular weight is 252 g/mol. The zero-order valence-corrected chi connectivity index (χ0v) is 11.2. The predicted molar refractivity (Wildman–Crippen MR) is 70.9 cm³/mol. The van der Waals surface area contributed by atoms with Gasteiger partial charge in [0.1, 0.15) is 5.82 Å². The molecule has 0 radical (unpaired) electrons. The lowest BCUT2D eigenvalue weighted by Gasteiger charge is -2.25. The number of benzene rings is 1. The second-order valence-corrected chi connectivity index (χ2v) is 4.37. The molecule has 0 heterocycles. The number of halogens is 1. The minimum absolute atomic E-state index is 0.0804. The second-order valence-electron chi connectivity index (χ2n) is 4.37. The van der Waals surface area contributed by atoms with Gasteiger partial charge in [-0.3, -0.25) is 4.79 Å². The summed E-state index contributed by atoms with van der Waals surface area (Å²) in [7, 11) is 1.88. The van der Waals surface area contributed by atoms with Gasteiger partial charge in [0.15, 0.2) is 0 Å². The number of nitrogens with one attached hydrogen (secondary N) is 1. The third-order valence-corrected chi connectivity index (χ3v) is 3.07. The maximum atomic E-state index is 12.8. The summed E-state index contributed by atoms with van der Waals surface area (Å²) in [6.45, 7) is 4.91. The number of amides is 1. The quantitative estimate of drug-likeness (QED) is 0.837. The highest BCUT2D eigenvalue weighted by Crippen LogP contribution is 2.07. The fraction of sp³-hybridized carbons (Fsp3) is 0.500. The van der Waals surface area contributed by atoms with Crippen molar-refractivity contribution in [1.82, 2.24) is 10.2 Å². The van der Waals surface area contributed by atoms with Crippen molar-refractivity contribution >= 4 is 5.91 Å². The van der Waals surface area contributed by atoms with E-state index in [0.29, 0.717) is 13.1 Å². The lowest BCUT2D eigenvalue weighted by atomic mass is 10.1. The van der Waals surface area contributed by atoms with E-state index in [9.17, 15) is 9.18 Å². The summed E-state index contributed by atoms with van der Waals surface area (Å²) in [6.07, 6.45) is 0.778. The summed E-state index contributed by atoms with van der Waals surface area (Å²) in [6, 6.07) is 6.67. The largest absolute Gasteiger partial charge is 0.342 e. The Morgan fingerprint density at radius 3 is 2.44 bits per heavy atom. The van der Waals surface area contributed by atoms with E-state index >= 15 is 0 Å². The fourth-order valence-electron chi connectivity index (χ4n) is 1.91. The van der Waals surface area contributed by atoms with Gasteiger partial charge in [-0.05, 0) is 38.1 Å². The predicted octanol–water partition coefficient (Wildman–Crippen LogP) is 1.82. The van der Waals surface area contributed by atoms with Crippen molar-refractivity contribution in [3.63, 3.8) is 0 Å². The van der Waals surface area contributed by atoms with Crippen LogP contribution in [0.3, 0.4) is 0 Å². The molecule has 100 valence electrons. The standard InChI is InChI=1S/C14H21FN2O/c1-4-17(11(2)18)10-14(16-3)9-12-5-7-13(15)8-6-12/h5-8,14,16H,4,9-10H2,1-3H3. The first kappa shape index (κ1) is 14.6. The molecule has 1 rings (SSSR count). The minimum Gasteiger partial charge on any atom is -0.342 e. The fourth-order valence-corrected chi connectivity index (χ4v) is 1.91. The monoisotopic (exact) mass is 252 g/mol. The molecule has 1 N–H and O–H groups in total. The van der Waals surface area contributed by atoms with E-state index in [4.69, 9.17) is 0 Å². The first-order valence-corrected chi connectivity index (χ1v) is 6.24. The van der Waals surface area contributed by atoms with Crippen LogP contribution >= 0.6 is 0 Å². The topological polar surface area (TPSA) is 32.3 Å². The van der Waals surface area contributed by atoms with Crippen LogP contribution in [0.15, 0.2) is 24.3 Å². The van der Waals surface area contributed by atoms with Crippen LogP contribution in [0.25, 0.3) is 0 Å². The second kappa shape index (κ2) is 7.11. The van der Waals surface area contributed by atoms with Gasteiger partial charge in [0.25, 0.3) is 0 Å². The highest BCUT2D eigenvalue weighted by atomic mass is 19.1. The maximum absolute atomic E-state index is 12.8. The van der Waals surface area contributed by atoms with Crippen LogP contribution < -0.4 is 5.32 Å². The molecular formula is C14H21FN2O. The summed E-state index contributed by atoms with van der Waals surface area (Å²) in [5.41, 5.74) is 1.07. The van der Waals surface area contributed by atoms with E-state index in [1.165, 1.54) is 12.1 Å². The zero-order chi connectivity index (χ0) is 13.5. The normalized spacial score (nSPS) is 12.2. The van der Waals surface area contributed by atoms with E-state index in [-0.39, 0.29) is 17.8 Å². The third-order valence-electron chi connectivity index (χ3n) is 3.07. The zero-order valence-electron chi connectivity index (χ0n) is 11.2. The summed E-state index contributed by atoms with van der Waals surface area (Å²) in [4.78, 5) is 13.2. The van der Waals surface area contributed by atoms with Crippen molar-refractivity contribution in [2.24, 2.45) is 0 Å². The molecular weight excluding hydrogens is 231 g/mol. The lowest BCUT2D eigenvalue weighted by Crippen LogP contribution is -2.42. The van der Waals surface area contributed by atoms with Crippen LogP contribution in [0.1, 0.15) is 19.4 Å². The Labute approximate surface area is 108 Å². The molecule has 1 amide bonds. The van der Waals surface area contributed by atoms with Crippen molar-refractivity contribution in [3.8, 4) is 0 Å². The van der Waals surface area contributed by atoms with Crippen molar-refractivity contribution in [2.75, 3.05) is 20.1 Å². The van der Waals surface area contributed by atoms with Crippen LogP contribution in [0.2, 0.25) is 0 Å². The molecule has 0 spiro atoms. The van der Waals surface area contributed by atoms with Crippen LogP contribution in [-0.4, -0.2) is 37.0 Å². The highest BCUT2D eigenvalue weighted by Gasteiger charge is 2.14. The van der Waals surface area contributed by atoms with E-state index in [0.717, 1.165) is 12.0 Å². The van der Waals surface area contributed by atoms with Crippen molar-refractivity contribution in [3.05, 3.63) is 35.6 Å². The van der Waals surface area contributed by atoms with Gasteiger partial charge in [-0.15, -0.1) is 0 Å². The summed E-state index contributed by atoms with van der Waals surface area (Å²) in [5, 5.41) is 3.20.